The van der Waals surface area contributed by atoms with Gasteiger partial charge >= 0.3 is 6.03 Å². The zero-order valence-electron chi connectivity index (χ0n) is 10.3. The van der Waals surface area contributed by atoms with E-state index in [0.717, 1.165) is 23.7 Å². The van der Waals surface area contributed by atoms with Gasteiger partial charge in [-0.05, 0) is 61.7 Å². The van der Waals surface area contributed by atoms with Gasteiger partial charge in [0.2, 0.25) is 0 Å². The summed E-state index contributed by atoms with van der Waals surface area (Å²) in [7, 11) is 0. The van der Waals surface area contributed by atoms with Gasteiger partial charge < -0.3 is 16.8 Å². The first kappa shape index (κ1) is 11.3. The second-order valence-corrected chi connectivity index (χ2v) is 6.36. The average molecular weight is 237 g/mol. The second-order valence-electron chi connectivity index (χ2n) is 6.36. The Morgan fingerprint density at radius 1 is 1.12 bits per heavy atom. The molecule has 5 N–H and O–H groups in total. The predicted molar refractivity (Wildman–Crippen MR) is 66.1 cm³/mol. The fourth-order valence-corrected chi connectivity index (χ4v) is 5.12. The van der Waals surface area contributed by atoms with Crippen LogP contribution in [0.15, 0.2) is 0 Å². The molecule has 0 aromatic carbocycles. The van der Waals surface area contributed by atoms with Gasteiger partial charge in [0.15, 0.2) is 0 Å². The minimum atomic E-state index is -0.422. The van der Waals surface area contributed by atoms with Gasteiger partial charge in [-0.2, -0.15) is 0 Å². The minimum Gasteiger partial charge on any atom is -0.352 e. The molecule has 96 valence electrons. The van der Waals surface area contributed by atoms with Crippen LogP contribution in [0.3, 0.4) is 0 Å². The van der Waals surface area contributed by atoms with Crippen molar-refractivity contribution in [2.45, 2.75) is 38.1 Å². The Morgan fingerprint density at radius 3 is 2.06 bits per heavy atom. The summed E-state index contributed by atoms with van der Waals surface area (Å²) < 4.78 is 0. The molecular formula is C13H23N3O. The third-order valence-electron chi connectivity index (χ3n) is 5.35. The third-order valence-corrected chi connectivity index (χ3v) is 5.35. The summed E-state index contributed by atoms with van der Waals surface area (Å²) in [6.45, 7) is 0.524. The van der Waals surface area contributed by atoms with Crippen LogP contribution in [0.25, 0.3) is 0 Å². The number of urea groups is 1. The maximum absolute atomic E-state index is 11.1. The number of nitrogens with two attached hydrogens (primary N) is 2. The van der Waals surface area contributed by atoms with Gasteiger partial charge in [0.05, 0.1) is 0 Å². The van der Waals surface area contributed by atoms with E-state index in [4.69, 9.17) is 11.5 Å². The number of rotatable bonds is 3. The molecule has 17 heavy (non-hydrogen) atoms. The minimum absolute atomic E-state index is 0.0995. The van der Waals surface area contributed by atoms with Gasteiger partial charge in [0, 0.05) is 12.6 Å². The highest BCUT2D eigenvalue weighted by molar-refractivity contribution is 5.72. The molecule has 4 bridgehead atoms. The van der Waals surface area contributed by atoms with Crippen molar-refractivity contribution in [3.8, 4) is 0 Å². The number of nitrogens with one attached hydrogen (secondary N) is 1. The summed E-state index contributed by atoms with van der Waals surface area (Å²) in [5.74, 6) is 4.07. The highest BCUT2D eigenvalue weighted by Gasteiger charge is 2.50. The van der Waals surface area contributed by atoms with Crippen LogP contribution in [0.4, 0.5) is 4.79 Å². The first-order valence-corrected chi connectivity index (χ1v) is 6.93. The van der Waals surface area contributed by atoms with Crippen LogP contribution in [0.2, 0.25) is 0 Å². The lowest BCUT2D eigenvalue weighted by molar-refractivity contribution is -0.0486. The lowest BCUT2D eigenvalue weighted by atomic mass is 9.50. The second kappa shape index (κ2) is 4.16. The SMILES string of the molecule is NCC(NC(N)=O)C1C2CC3CC(C2)CC1C3. The van der Waals surface area contributed by atoms with Crippen molar-refractivity contribution < 1.29 is 4.79 Å². The number of hydrogen-bond acceptors (Lipinski definition) is 2. The first-order valence-electron chi connectivity index (χ1n) is 6.93. The molecule has 1 unspecified atom stereocenters. The van der Waals surface area contributed by atoms with Gasteiger partial charge in [-0.25, -0.2) is 4.79 Å². The molecular weight excluding hydrogens is 214 g/mol. The Hall–Kier alpha value is -0.770. The van der Waals surface area contributed by atoms with Crippen molar-refractivity contribution >= 4 is 6.03 Å². The zero-order valence-corrected chi connectivity index (χ0v) is 10.3. The first-order chi connectivity index (χ1) is 8.17. The van der Waals surface area contributed by atoms with Crippen LogP contribution in [0.5, 0.6) is 0 Å². The quantitative estimate of drug-likeness (QED) is 0.686. The van der Waals surface area contributed by atoms with Gasteiger partial charge in [0.1, 0.15) is 0 Å². The molecule has 4 aliphatic rings. The third kappa shape index (κ3) is 1.92. The summed E-state index contributed by atoms with van der Waals surface area (Å²) >= 11 is 0. The Morgan fingerprint density at radius 2 is 1.65 bits per heavy atom. The van der Waals surface area contributed by atoms with Crippen LogP contribution >= 0.6 is 0 Å². The molecule has 0 aliphatic heterocycles. The maximum Gasteiger partial charge on any atom is 0.312 e. The molecule has 0 aromatic heterocycles. The van der Waals surface area contributed by atoms with E-state index >= 15 is 0 Å². The van der Waals surface area contributed by atoms with Crippen LogP contribution in [0, 0.1) is 29.6 Å². The standard InChI is InChI=1S/C13H23N3O/c14-6-11(16-13(15)17)12-9-2-7-1-8(4-9)5-10(12)3-7/h7-12H,1-6,14H2,(H3,15,16,17). The van der Waals surface area contributed by atoms with E-state index < -0.39 is 6.03 Å². The predicted octanol–water partition coefficient (Wildman–Crippen LogP) is 1.05. The van der Waals surface area contributed by atoms with Crippen molar-refractivity contribution in [2.75, 3.05) is 6.54 Å². The van der Waals surface area contributed by atoms with Crippen molar-refractivity contribution in [1.82, 2.24) is 5.32 Å². The largest absolute Gasteiger partial charge is 0.352 e. The molecule has 0 saturated heterocycles. The lowest BCUT2D eigenvalue weighted by Crippen LogP contribution is -2.57. The fourth-order valence-electron chi connectivity index (χ4n) is 5.12. The van der Waals surface area contributed by atoms with Gasteiger partial charge in [-0.15, -0.1) is 0 Å². The Labute approximate surface area is 102 Å². The van der Waals surface area contributed by atoms with Crippen LogP contribution in [-0.2, 0) is 0 Å². The number of hydrogen-bond donors (Lipinski definition) is 3. The Bertz CT molecular complexity index is 290. The van der Waals surface area contributed by atoms with Gasteiger partial charge in [-0.3, -0.25) is 0 Å². The average Bonchev–Trinajstić information content (AvgIpc) is 2.25. The summed E-state index contributed by atoms with van der Waals surface area (Å²) in [4.78, 5) is 11.1. The van der Waals surface area contributed by atoms with E-state index in [1.165, 1.54) is 32.1 Å². The smallest absolute Gasteiger partial charge is 0.312 e. The van der Waals surface area contributed by atoms with E-state index in [1.54, 1.807) is 0 Å². The Balaban J connectivity index is 1.76. The van der Waals surface area contributed by atoms with Crippen molar-refractivity contribution in [1.29, 1.82) is 0 Å². The van der Waals surface area contributed by atoms with Crippen molar-refractivity contribution in [2.24, 2.45) is 41.1 Å². The van der Waals surface area contributed by atoms with E-state index in [0.29, 0.717) is 12.5 Å². The van der Waals surface area contributed by atoms with E-state index in [1.807, 2.05) is 0 Å². The molecule has 0 heterocycles. The monoisotopic (exact) mass is 237 g/mol. The highest BCUT2D eigenvalue weighted by atomic mass is 16.2. The molecule has 0 aromatic rings. The van der Waals surface area contributed by atoms with Gasteiger partial charge in [0.25, 0.3) is 0 Å². The fraction of sp³-hybridized carbons (Fsp3) is 0.923. The summed E-state index contributed by atoms with van der Waals surface area (Å²) in [5, 5.41) is 2.87. The normalized spacial score (nSPS) is 44.6. The van der Waals surface area contributed by atoms with Crippen LogP contribution in [-0.4, -0.2) is 18.6 Å². The van der Waals surface area contributed by atoms with E-state index in [9.17, 15) is 4.79 Å². The topological polar surface area (TPSA) is 81.1 Å². The molecule has 4 saturated carbocycles. The molecule has 4 heteroatoms. The maximum atomic E-state index is 11.1. The molecule has 4 rings (SSSR count). The molecule has 4 aliphatic carbocycles. The number of carbonyl (C=O) groups is 1. The van der Waals surface area contributed by atoms with Gasteiger partial charge in [-0.1, -0.05) is 0 Å². The number of amides is 2. The lowest BCUT2D eigenvalue weighted by Gasteiger charge is -2.56. The van der Waals surface area contributed by atoms with E-state index in [-0.39, 0.29) is 6.04 Å². The highest BCUT2D eigenvalue weighted by Crippen LogP contribution is 2.57. The molecule has 4 fully saturated rings. The molecule has 0 radical (unpaired) electrons. The van der Waals surface area contributed by atoms with E-state index in [2.05, 4.69) is 5.32 Å². The summed E-state index contributed by atoms with van der Waals surface area (Å²) in [6.07, 6.45) is 6.88. The Kier molecular flexibility index (Phi) is 2.77. The molecule has 2 amide bonds. The van der Waals surface area contributed by atoms with Crippen molar-refractivity contribution in [3.63, 3.8) is 0 Å². The number of carbonyl (C=O) groups excluding carboxylic acids is 1. The van der Waals surface area contributed by atoms with Crippen molar-refractivity contribution in [3.05, 3.63) is 0 Å². The molecule has 4 nitrogen and oxygen atoms in total. The summed E-state index contributed by atoms with van der Waals surface area (Å²) in [5.41, 5.74) is 11.1. The van der Waals surface area contributed by atoms with Crippen LogP contribution in [0.1, 0.15) is 32.1 Å². The summed E-state index contributed by atoms with van der Waals surface area (Å²) in [6, 6.07) is -0.322. The number of primary amides is 1. The zero-order chi connectivity index (χ0) is 12.0. The van der Waals surface area contributed by atoms with Crippen LogP contribution < -0.4 is 16.8 Å². The molecule has 0 spiro atoms. The molecule has 1 atom stereocenters.